The van der Waals surface area contributed by atoms with Crippen LogP contribution in [0.25, 0.3) is 0 Å². The molecule has 86 valence electrons. The zero-order valence-corrected chi connectivity index (χ0v) is 9.04. The lowest BCUT2D eigenvalue weighted by Crippen LogP contribution is -2.31. The molecule has 0 atom stereocenters. The Labute approximate surface area is 93.2 Å². The zero-order valence-electron chi connectivity index (χ0n) is 9.04. The molecule has 0 unspecified atom stereocenters. The molecular formula is C12H13F2NO. The van der Waals surface area contributed by atoms with Gasteiger partial charge in [0.1, 0.15) is 0 Å². The van der Waals surface area contributed by atoms with Gasteiger partial charge in [-0.2, -0.15) is 0 Å². The molecule has 0 aromatic heterocycles. The van der Waals surface area contributed by atoms with E-state index in [9.17, 15) is 13.6 Å². The van der Waals surface area contributed by atoms with Gasteiger partial charge in [-0.3, -0.25) is 4.79 Å². The molecule has 0 saturated heterocycles. The summed E-state index contributed by atoms with van der Waals surface area (Å²) in [5.74, 6) is -2.64. The number of likely N-dealkylation sites (N-methyl/N-ethyl adjacent to an activating group) is 1. The second kappa shape index (κ2) is 5.39. The largest absolute Gasteiger partial charge is 0.335 e. The number of halogens is 2. The molecule has 0 aliphatic heterocycles. The maximum absolute atomic E-state index is 13.3. The normalized spacial score (nSPS) is 9.94. The van der Waals surface area contributed by atoms with Gasteiger partial charge in [0.15, 0.2) is 11.6 Å². The van der Waals surface area contributed by atoms with Crippen molar-refractivity contribution in [1.82, 2.24) is 4.90 Å². The minimum absolute atomic E-state index is 0.247. The van der Waals surface area contributed by atoms with Crippen LogP contribution in [0.3, 0.4) is 0 Å². The van der Waals surface area contributed by atoms with Crippen molar-refractivity contribution in [3.05, 3.63) is 48.1 Å². The summed E-state index contributed by atoms with van der Waals surface area (Å²) in [7, 11) is 0. The van der Waals surface area contributed by atoms with Gasteiger partial charge in [0.25, 0.3) is 5.91 Å². The van der Waals surface area contributed by atoms with Crippen LogP contribution in [0, 0.1) is 11.6 Å². The van der Waals surface area contributed by atoms with E-state index in [-0.39, 0.29) is 5.56 Å². The molecule has 1 amide bonds. The molecule has 0 N–H and O–H groups in total. The fourth-order valence-electron chi connectivity index (χ4n) is 1.35. The highest BCUT2D eigenvalue weighted by molar-refractivity contribution is 5.94. The highest BCUT2D eigenvalue weighted by Gasteiger charge is 2.19. The first-order valence-electron chi connectivity index (χ1n) is 4.96. The summed E-state index contributed by atoms with van der Waals surface area (Å²) in [6.07, 6.45) is 1.54. The van der Waals surface area contributed by atoms with Crippen LogP contribution in [0.15, 0.2) is 30.9 Å². The van der Waals surface area contributed by atoms with E-state index in [4.69, 9.17) is 0 Å². The lowest BCUT2D eigenvalue weighted by Gasteiger charge is -2.19. The van der Waals surface area contributed by atoms with Crippen molar-refractivity contribution in [2.24, 2.45) is 0 Å². The number of amides is 1. The van der Waals surface area contributed by atoms with E-state index in [1.54, 1.807) is 13.0 Å². The summed E-state index contributed by atoms with van der Waals surface area (Å²) in [6, 6.07) is 3.57. The molecule has 1 rings (SSSR count). The Kier molecular flexibility index (Phi) is 4.17. The lowest BCUT2D eigenvalue weighted by molar-refractivity contribution is 0.0776. The van der Waals surface area contributed by atoms with E-state index in [1.807, 2.05) is 0 Å². The molecule has 0 fully saturated rings. The van der Waals surface area contributed by atoms with E-state index in [0.29, 0.717) is 13.1 Å². The summed E-state index contributed by atoms with van der Waals surface area (Å²) in [5.41, 5.74) is -0.247. The van der Waals surface area contributed by atoms with E-state index in [1.165, 1.54) is 17.0 Å². The third-order valence-corrected chi connectivity index (χ3v) is 2.20. The van der Waals surface area contributed by atoms with Crippen LogP contribution in [0.2, 0.25) is 0 Å². The Morgan fingerprint density at radius 3 is 2.75 bits per heavy atom. The Hall–Kier alpha value is -1.71. The van der Waals surface area contributed by atoms with Crippen molar-refractivity contribution in [1.29, 1.82) is 0 Å². The average Bonchev–Trinajstić information content (AvgIpc) is 2.29. The number of carbonyl (C=O) groups is 1. The predicted octanol–water partition coefficient (Wildman–Crippen LogP) is 2.61. The van der Waals surface area contributed by atoms with Crippen molar-refractivity contribution in [2.75, 3.05) is 13.1 Å². The summed E-state index contributed by atoms with van der Waals surface area (Å²) in [5, 5.41) is 0. The number of nitrogens with zero attached hydrogens (tertiary/aromatic N) is 1. The quantitative estimate of drug-likeness (QED) is 0.721. The number of carbonyl (C=O) groups excluding carboxylic acids is 1. The molecule has 0 saturated carbocycles. The van der Waals surface area contributed by atoms with Gasteiger partial charge in [-0.1, -0.05) is 12.1 Å². The van der Waals surface area contributed by atoms with Crippen LogP contribution >= 0.6 is 0 Å². The standard InChI is InChI=1S/C12H13F2NO/c1-3-8-15(4-2)12(16)9-6-5-7-10(13)11(9)14/h3,5-7H,1,4,8H2,2H3. The van der Waals surface area contributed by atoms with Crippen LogP contribution in [-0.2, 0) is 0 Å². The predicted molar refractivity (Wildman–Crippen MR) is 58.1 cm³/mol. The molecule has 0 spiro atoms. The van der Waals surface area contributed by atoms with Gasteiger partial charge in [-0.05, 0) is 19.1 Å². The summed E-state index contributed by atoms with van der Waals surface area (Å²) >= 11 is 0. The average molecular weight is 225 g/mol. The number of hydrogen-bond donors (Lipinski definition) is 0. The molecule has 0 aliphatic carbocycles. The Balaban J connectivity index is 3.03. The number of hydrogen-bond acceptors (Lipinski definition) is 1. The first-order chi connectivity index (χ1) is 7.61. The molecular weight excluding hydrogens is 212 g/mol. The molecule has 0 aliphatic rings. The molecule has 1 aromatic carbocycles. The lowest BCUT2D eigenvalue weighted by atomic mass is 10.1. The molecule has 0 bridgehead atoms. The maximum Gasteiger partial charge on any atom is 0.257 e. The summed E-state index contributed by atoms with van der Waals surface area (Å²) in [4.78, 5) is 13.2. The topological polar surface area (TPSA) is 20.3 Å². The molecule has 0 radical (unpaired) electrons. The number of benzene rings is 1. The van der Waals surface area contributed by atoms with Gasteiger partial charge in [0.2, 0.25) is 0 Å². The number of rotatable bonds is 4. The van der Waals surface area contributed by atoms with Crippen molar-refractivity contribution in [3.8, 4) is 0 Å². The third kappa shape index (κ3) is 2.45. The highest BCUT2D eigenvalue weighted by Crippen LogP contribution is 2.13. The van der Waals surface area contributed by atoms with Crippen molar-refractivity contribution in [2.45, 2.75) is 6.92 Å². The summed E-state index contributed by atoms with van der Waals surface area (Å²) in [6.45, 7) is 5.99. The van der Waals surface area contributed by atoms with Crippen LogP contribution in [0.1, 0.15) is 17.3 Å². The van der Waals surface area contributed by atoms with Crippen molar-refractivity contribution in [3.63, 3.8) is 0 Å². The second-order valence-electron chi connectivity index (χ2n) is 3.23. The van der Waals surface area contributed by atoms with Gasteiger partial charge in [0, 0.05) is 13.1 Å². The minimum Gasteiger partial charge on any atom is -0.335 e. The second-order valence-corrected chi connectivity index (χ2v) is 3.23. The highest BCUT2D eigenvalue weighted by atomic mass is 19.2. The van der Waals surface area contributed by atoms with Crippen LogP contribution in [-0.4, -0.2) is 23.9 Å². The molecule has 2 nitrogen and oxygen atoms in total. The minimum atomic E-state index is -1.10. The fraction of sp³-hybridized carbons (Fsp3) is 0.250. The van der Waals surface area contributed by atoms with Gasteiger partial charge in [-0.15, -0.1) is 6.58 Å². The molecule has 16 heavy (non-hydrogen) atoms. The SMILES string of the molecule is C=CCN(CC)C(=O)c1cccc(F)c1F. The Morgan fingerprint density at radius 2 is 2.19 bits per heavy atom. The molecule has 4 heteroatoms. The first-order valence-corrected chi connectivity index (χ1v) is 4.96. The summed E-state index contributed by atoms with van der Waals surface area (Å²) < 4.78 is 26.3. The smallest absolute Gasteiger partial charge is 0.257 e. The van der Waals surface area contributed by atoms with Gasteiger partial charge >= 0.3 is 0 Å². The third-order valence-electron chi connectivity index (χ3n) is 2.20. The van der Waals surface area contributed by atoms with E-state index < -0.39 is 17.5 Å². The van der Waals surface area contributed by atoms with E-state index in [0.717, 1.165) is 6.07 Å². The molecule has 0 heterocycles. The van der Waals surface area contributed by atoms with Crippen molar-refractivity contribution >= 4 is 5.91 Å². The Bertz CT molecular complexity index is 404. The fourth-order valence-corrected chi connectivity index (χ4v) is 1.35. The van der Waals surface area contributed by atoms with Crippen LogP contribution < -0.4 is 0 Å². The van der Waals surface area contributed by atoms with E-state index in [2.05, 4.69) is 6.58 Å². The van der Waals surface area contributed by atoms with Crippen LogP contribution in [0.4, 0.5) is 8.78 Å². The van der Waals surface area contributed by atoms with Crippen LogP contribution in [0.5, 0.6) is 0 Å². The zero-order chi connectivity index (χ0) is 12.1. The first kappa shape index (κ1) is 12.4. The molecule has 1 aromatic rings. The van der Waals surface area contributed by atoms with Gasteiger partial charge in [0.05, 0.1) is 5.56 Å². The maximum atomic E-state index is 13.3. The Morgan fingerprint density at radius 1 is 1.50 bits per heavy atom. The monoisotopic (exact) mass is 225 g/mol. The van der Waals surface area contributed by atoms with Crippen molar-refractivity contribution < 1.29 is 13.6 Å². The van der Waals surface area contributed by atoms with E-state index >= 15 is 0 Å². The van der Waals surface area contributed by atoms with Gasteiger partial charge in [-0.25, -0.2) is 8.78 Å². The van der Waals surface area contributed by atoms with Gasteiger partial charge < -0.3 is 4.90 Å².